The van der Waals surface area contributed by atoms with Crippen LogP contribution in [0.15, 0.2) is 18.2 Å². The molecule has 3 rings (SSSR count). The largest absolute Gasteiger partial charge is 0.474 e. The SMILES string of the molecule is CN(Cc1ccc2c(c1)C(C)(C)C(N1CCOCC1)O2)S(=O)(=O)O. The van der Waals surface area contributed by atoms with Crippen molar-refractivity contribution in [3.05, 3.63) is 29.3 Å². The van der Waals surface area contributed by atoms with Gasteiger partial charge >= 0.3 is 10.3 Å². The lowest BCUT2D eigenvalue weighted by atomic mass is 9.83. The average molecular weight is 356 g/mol. The van der Waals surface area contributed by atoms with E-state index in [0.717, 1.165) is 34.3 Å². The average Bonchev–Trinajstić information content (AvgIpc) is 2.78. The van der Waals surface area contributed by atoms with Crippen LogP contribution in [0.5, 0.6) is 5.75 Å². The van der Waals surface area contributed by atoms with E-state index in [4.69, 9.17) is 14.0 Å². The Kier molecular flexibility index (Phi) is 4.61. The number of hydrogen-bond acceptors (Lipinski definition) is 5. The van der Waals surface area contributed by atoms with E-state index in [2.05, 4.69) is 18.7 Å². The summed E-state index contributed by atoms with van der Waals surface area (Å²) >= 11 is 0. The van der Waals surface area contributed by atoms with Gasteiger partial charge in [-0.3, -0.25) is 9.45 Å². The van der Waals surface area contributed by atoms with Gasteiger partial charge in [-0.2, -0.15) is 12.7 Å². The van der Waals surface area contributed by atoms with Gasteiger partial charge in [0.1, 0.15) is 5.75 Å². The van der Waals surface area contributed by atoms with Crippen LogP contribution in [0, 0.1) is 0 Å². The van der Waals surface area contributed by atoms with Crippen molar-refractivity contribution in [1.29, 1.82) is 0 Å². The Labute approximate surface area is 143 Å². The van der Waals surface area contributed by atoms with Crippen LogP contribution in [-0.2, 0) is 27.0 Å². The summed E-state index contributed by atoms with van der Waals surface area (Å²) in [6.45, 7) is 7.46. The number of hydrogen-bond donors (Lipinski definition) is 1. The molecule has 1 atom stereocenters. The van der Waals surface area contributed by atoms with E-state index < -0.39 is 10.3 Å². The van der Waals surface area contributed by atoms with Crippen LogP contribution in [0.4, 0.5) is 0 Å². The molecule has 7 nitrogen and oxygen atoms in total. The molecule has 2 aliphatic rings. The van der Waals surface area contributed by atoms with Gasteiger partial charge in [-0.1, -0.05) is 26.0 Å². The Morgan fingerprint density at radius 2 is 2.00 bits per heavy atom. The van der Waals surface area contributed by atoms with Crippen molar-refractivity contribution >= 4 is 10.3 Å². The van der Waals surface area contributed by atoms with E-state index in [-0.39, 0.29) is 18.2 Å². The maximum atomic E-state index is 11.2. The van der Waals surface area contributed by atoms with Crippen molar-refractivity contribution in [2.45, 2.75) is 32.0 Å². The zero-order valence-corrected chi connectivity index (χ0v) is 15.0. The van der Waals surface area contributed by atoms with E-state index in [9.17, 15) is 8.42 Å². The summed E-state index contributed by atoms with van der Waals surface area (Å²) in [7, 11) is -2.84. The Morgan fingerprint density at radius 1 is 1.33 bits per heavy atom. The number of rotatable bonds is 4. The molecule has 2 heterocycles. The van der Waals surface area contributed by atoms with E-state index >= 15 is 0 Å². The Balaban J connectivity index is 1.84. The first-order chi connectivity index (χ1) is 11.2. The molecule has 0 aliphatic carbocycles. The minimum atomic E-state index is -4.19. The van der Waals surface area contributed by atoms with Gasteiger partial charge in [0.2, 0.25) is 0 Å². The molecule has 0 amide bonds. The van der Waals surface area contributed by atoms with Gasteiger partial charge < -0.3 is 9.47 Å². The van der Waals surface area contributed by atoms with Crippen molar-refractivity contribution in [3.8, 4) is 5.75 Å². The third-order valence-electron chi connectivity index (χ3n) is 4.77. The fourth-order valence-corrected chi connectivity index (χ4v) is 3.68. The van der Waals surface area contributed by atoms with Crippen molar-refractivity contribution in [2.24, 2.45) is 0 Å². The summed E-state index contributed by atoms with van der Waals surface area (Å²) in [4.78, 5) is 2.29. The number of ether oxygens (including phenoxy) is 2. The van der Waals surface area contributed by atoms with E-state index in [1.807, 2.05) is 18.2 Å². The first kappa shape index (κ1) is 17.6. The summed E-state index contributed by atoms with van der Waals surface area (Å²) in [5.41, 5.74) is 1.65. The third kappa shape index (κ3) is 3.29. The van der Waals surface area contributed by atoms with Gasteiger partial charge in [0, 0.05) is 37.7 Å². The lowest BCUT2D eigenvalue weighted by molar-refractivity contribution is -0.0612. The Bertz CT molecular complexity index is 713. The highest BCUT2D eigenvalue weighted by atomic mass is 32.2. The second-order valence-corrected chi connectivity index (χ2v) is 8.42. The summed E-state index contributed by atoms with van der Waals surface area (Å²) in [5.74, 6) is 0.828. The summed E-state index contributed by atoms with van der Waals surface area (Å²) < 4.78 is 44.0. The molecule has 0 aromatic heterocycles. The second kappa shape index (κ2) is 6.27. The van der Waals surface area contributed by atoms with Crippen LogP contribution >= 0.6 is 0 Å². The molecule has 2 aliphatic heterocycles. The maximum Gasteiger partial charge on any atom is 0.335 e. The monoisotopic (exact) mass is 356 g/mol. The summed E-state index contributed by atoms with van der Waals surface area (Å²) in [6.07, 6.45) is -0.0639. The van der Waals surface area contributed by atoms with Gasteiger partial charge in [0.25, 0.3) is 0 Å². The predicted octanol–water partition coefficient (Wildman–Crippen LogP) is 1.25. The topological polar surface area (TPSA) is 79.3 Å². The molecule has 1 saturated heterocycles. The smallest absolute Gasteiger partial charge is 0.335 e. The Hall–Kier alpha value is -1.19. The maximum absolute atomic E-state index is 11.2. The number of nitrogens with zero attached hydrogens (tertiary/aromatic N) is 2. The molecule has 0 spiro atoms. The third-order valence-corrected chi connectivity index (χ3v) is 5.69. The van der Waals surface area contributed by atoms with E-state index in [1.165, 1.54) is 7.05 Å². The van der Waals surface area contributed by atoms with Crippen LogP contribution in [0.1, 0.15) is 25.0 Å². The van der Waals surface area contributed by atoms with Crippen molar-refractivity contribution in [2.75, 3.05) is 33.4 Å². The molecule has 1 aromatic rings. The molecule has 134 valence electrons. The molecule has 8 heteroatoms. The summed E-state index contributed by atoms with van der Waals surface area (Å²) in [5, 5.41) is 0. The molecule has 24 heavy (non-hydrogen) atoms. The molecule has 1 unspecified atom stereocenters. The number of benzene rings is 1. The highest BCUT2D eigenvalue weighted by Gasteiger charge is 2.45. The normalized spacial score (nSPS) is 24.0. The first-order valence-electron chi connectivity index (χ1n) is 8.00. The molecule has 1 fully saturated rings. The molecule has 0 bridgehead atoms. The minimum absolute atomic E-state index is 0.0639. The van der Waals surface area contributed by atoms with Crippen LogP contribution < -0.4 is 4.74 Å². The molecular weight excluding hydrogens is 332 g/mol. The summed E-state index contributed by atoms with van der Waals surface area (Å²) in [6, 6.07) is 5.68. The molecular formula is C16H24N2O5S. The van der Waals surface area contributed by atoms with Crippen molar-refractivity contribution in [3.63, 3.8) is 0 Å². The van der Waals surface area contributed by atoms with Crippen LogP contribution in [0.2, 0.25) is 0 Å². The number of morpholine rings is 1. The van der Waals surface area contributed by atoms with Crippen molar-refractivity contribution < 1.29 is 22.4 Å². The van der Waals surface area contributed by atoms with Crippen LogP contribution in [0.25, 0.3) is 0 Å². The van der Waals surface area contributed by atoms with Crippen LogP contribution in [0.3, 0.4) is 0 Å². The van der Waals surface area contributed by atoms with Crippen molar-refractivity contribution in [1.82, 2.24) is 9.21 Å². The fraction of sp³-hybridized carbons (Fsp3) is 0.625. The highest BCUT2D eigenvalue weighted by molar-refractivity contribution is 7.83. The van der Waals surface area contributed by atoms with Gasteiger partial charge in [0.15, 0.2) is 6.23 Å². The van der Waals surface area contributed by atoms with E-state index in [0.29, 0.717) is 13.2 Å². The van der Waals surface area contributed by atoms with Crippen LogP contribution in [-0.4, -0.2) is 61.8 Å². The number of fused-ring (bicyclic) bond motifs is 1. The zero-order chi connectivity index (χ0) is 17.5. The van der Waals surface area contributed by atoms with Gasteiger partial charge in [-0.25, -0.2) is 0 Å². The van der Waals surface area contributed by atoms with Gasteiger partial charge in [-0.15, -0.1) is 0 Å². The Morgan fingerprint density at radius 3 is 2.62 bits per heavy atom. The van der Waals surface area contributed by atoms with E-state index in [1.54, 1.807) is 0 Å². The first-order valence-corrected chi connectivity index (χ1v) is 9.40. The molecule has 1 N–H and O–H groups in total. The lowest BCUT2D eigenvalue weighted by Gasteiger charge is -2.38. The molecule has 0 radical (unpaired) electrons. The zero-order valence-electron chi connectivity index (χ0n) is 14.2. The highest BCUT2D eigenvalue weighted by Crippen LogP contribution is 2.44. The lowest BCUT2D eigenvalue weighted by Crippen LogP contribution is -2.52. The predicted molar refractivity (Wildman–Crippen MR) is 89.3 cm³/mol. The standard InChI is InChI=1S/C16H24N2O5S/c1-16(2)13-10-12(11-17(3)24(19,20)21)4-5-14(13)23-15(16)18-6-8-22-9-7-18/h4-5,10,15H,6-9,11H2,1-3H3,(H,19,20,21). The van der Waals surface area contributed by atoms with Gasteiger partial charge in [-0.05, 0) is 11.6 Å². The van der Waals surface area contributed by atoms with Gasteiger partial charge in [0.05, 0.1) is 13.2 Å². The molecule has 0 saturated carbocycles. The fourth-order valence-electron chi connectivity index (χ4n) is 3.36. The second-order valence-electron chi connectivity index (χ2n) is 6.90. The quantitative estimate of drug-likeness (QED) is 0.818. The molecule has 1 aromatic carbocycles. The minimum Gasteiger partial charge on any atom is -0.474 e.